The molecule has 1 aromatic carbocycles. The summed E-state index contributed by atoms with van der Waals surface area (Å²) in [5, 5.41) is 3.52. The summed E-state index contributed by atoms with van der Waals surface area (Å²) in [6.07, 6.45) is 0. The minimum atomic E-state index is 0.0758. The Balaban J connectivity index is 3.11. The Labute approximate surface area is 89.3 Å². The minimum Gasteiger partial charge on any atom is -0.313 e. The number of aryl methyl sites for hydroxylation is 1. The van der Waals surface area contributed by atoms with Crippen LogP contribution in [0.5, 0.6) is 0 Å². The molecule has 0 spiro atoms. The van der Waals surface area contributed by atoms with Gasteiger partial charge in [0.1, 0.15) is 0 Å². The third-order valence-electron chi connectivity index (χ3n) is 2.22. The van der Waals surface area contributed by atoms with Crippen molar-refractivity contribution in [2.24, 2.45) is 0 Å². The van der Waals surface area contributed by atoms with E-state index in [1.54, 1.807) is 7.05 Å². The summed E-state index contributed by atoms with van der Waals surface area (Å²) in [6, 6.07) is 3.70. The Kier molecular flexibility index (Phi) is 3.67. The first kappa shape index (κ1) is 11.2. The van der Waals surface area contributed by atoms with Crippen LogP contribution < -0.4 is 5.32 Å². The molecule has 2 nitrogen and oxygen atoms in total. The topological polar surface area (TPSA) is 29.1 Å². The van der Waals surface area contributed by atoms with Crippen molar-refractivity contribution in [1.82, 2.24) is 5.32 Å². The standard InChI is InChI=1S/C11H14ClNO/c1-7-4-5-9(8(2)11(7)12)10(14)6-13-3/h4-5,13H,6H2,1-3H3. The highest BCUT2D eigenvalue weighted by atomic mass is 35.5. The summed E-state index contributed by atoms with van der Waals surface area (Å²) < 4.78 is 0. The largest absolute Gasteiger partial charge is 0.313 e. The van der Waals surface area contributed by atoms with E-state index < -0.39 is 0 Å². The summed E-state index contributed by atoms with van der Waals surface area (Å²) >= 11 is 6.05. The second-order valence-corrected chi connectivity index (χ2v) is 3.70. The first-order chi connectivity index (χ1) is 6.57. The predicted octanol–water partition coefficient (Wildman–Crippen LogP) is 2.36. The van der Waals surface area contributed by atoms with Gasteiger partial charge in [-0.1, -0.05) is 23.7 Å². The van der Waals surface area contributed by atoms with Gasteiger partial charge in [-0.05, 0) is 32.0 Å². The van der Waals surface area contributed by atoms with Crippen molar-refractivity contribution in [3.63, 3.8) is 0 Å². The molecule has 0 aromatic heterocycles. The summed E-state index contributed by atoms with van der Waals surface area (Å²) in [6.45, 7) is 4.15. The van der Waals surface area contributed by atoms with Crippen LogP contribution in [0.25, 0.3) is 0 Å². The molecule has 3 heteroatoms. The van der Waals surface area contributed by atoms with Crippen molar-refractivity contribution >= 4 is 17.4 Å². The Hall–Kier alpha value is -0.860. The lowest BCUT2D eigenvalue weighted by Gasteiger charge is -2.08. The van der Waals surface area contributed by atoms with Crippen molar-refractivity contribution < 1.29 is 4.79 Å². The molecule has 0 radical (unpaired) electrons. The molecule has 1 N–H and O–H groups in total. The second kappa shape index (κ2) is 4.58. The molecule has 0 unspecified atom stereocenters. The van der Waals surface area contributed by atoms with Crippen LogP contribution >= 0.6 is 11.6 Å². The molecule has 0 saturated heterocycles. The fourth-order valence-electron chi connectivity index (χ4n) is 1.38. The predicted molar refractivity (Wildman–Crippen MR) is 59.2 cm³/mol. The number of nitrogens with one attached hydrogen (secondary N) is 1. The number of hydrogen-bond acceptors (Lipinski definition) is 2. The van der Waals surface area contributed by atoms with Gasteiger partial charge in [0.2, 0.25) is 0 Å². The van der Waals surface area contributed by atoms with Gasteiger partial charge < -0.3 is 5.32 Å². The zero-order chi connectivity index (χ0) is 10.7. The monoisotopic (exact) mass is 211 g/mol. The number of ketones is 1. The van der Waals surface area contributed by atoms with Gasteiger partial charge in [-0.25, -0.2) is 0 Å². The van der Waals surface area contributed by atoms with Crippen LogP contribution in [-0.4, -0.2) is 19.4 Å². The van der Waals surface area contributed by atoms with E-state index in [1.165, 1.54) is 0 Å². The van der Waals surface area contributed by atoms with Crippen molar-refractivity contribution in [3.8, 4) is 0 Å². The van der Waals surface area contributed by atoms with E-state index in [0.717, 1.165) is 11.1 Å². The minimum absolute atomic E-state index is 0.0758. The maximum absolute atomic E-state index is 11.6. The van der Waals surface area contributed by atoms with Gasteiger partial charge in [0.25, 0.3) is 0 Å². The number of halogens is 1. The molecule has 0 saturated carbocycles. The molecule has 76 valence electrons. The molecule has 14 heavy (non-hydrogen) atoms. The lowest BCUT2D eigenvalue weighted by molar-refractivity contribution is 0.0993. The lowest BCUT2D eigenvalue weighted by atomic mass is 10.0. The van der Waals surface area contributed by atoms with Gasteiger partial charge in [0, 0.05) is 10.6 Å². The molecule has 0 atom stereocenters. The fraction of sp³-hybridized carbons (Fsp3) is 0.364. The summed E-state index contributed by atoms with van der Waals surface area (Å²) in [5.74, 6) is 0.0758. The average molecular weight is 212 g/mol. The molecule has 0 amide bonds. The first-order valence-corrected chi connectivity index (χ1v) is 4.89. The van der Waals surface area contributed by atoms with E-state index in [2.05, 4.69) is 5.32 Å². The zero-order valence-corrected chi connectivity index (χ0v) is 9.40. The van der Waals surface area contributed by atoms with Crippen molar-refractivity contribution in [2.45, 2.75) is 13.8 Å². The average Bonchev–Trinajstić information content (AvgIpc) is 2.15. The van der Waals surface area contributed by atoms with Gasteiger partial charge in [-0.3, -0.25) is 4.79 Å². The number of likely N-dealkylation sites (N-methyl/N-ethyl adjacent to an activating group) is 1. The van der Waals surface area contributed by atoms with E-state index in [1.807, 2.05) is 26.0 Å². The number of rotatable bonds is 3. The highest BCUT2D eigenvalue weighted by Crippen LogP contribution is 2.23. The number of carbonyl (C=O) groups excluding carboxylic acids is 1. The van der Waals surface area contributed by atoms with Crippen LogP contribution in [-0.2, 0) is 0 Å². The fourth-order valence-corrected chi connectivity index (χ4v) is 1.54. The van der Waals surface area contributed by atoms with Gasteiger partial charge in [0.05, 0.1) is 6.54 Å². The van der Waals surface area contributed by atoms with E-state index >= 15 is 0 Å². The molecule has 0 bridgehead atoms. The van der Waals surface area contributed by atoms with Crippen LogP contribution in [0.4, 0.5) is 0 Å². The Bertz CT molecular complexity index is 361. The van der Waals surface area contributed by atoms with Gasteiger partial charge in [0.15, 0.2) is 5.78 Å². The van der Waals surface area contributed by atoms with Crippen molar-refractivity contribution in [3.05, 3.63) is 33.8 Å². The van der Waals surface area contributed by atoms with Crippen LogP contribution in [0.1, 0.15) is 21.5 Å². The van der Waals surface area contributed by atoms with Gasteiger partial charge in [-0.15, -0.1) is 0 Å². The molecule has 1 aromatic rings. The molecule has 0 aliphatic rings. The first-order valence-electron chi connectivity index (χ1n) is 4.51. The van der Waals surface area contributed by atoms with Gasteiger partial charge >= 0.3 is 0 Å². The molecule has 0 heterocycles. The maximum atomic E-state index is 11.6. The highest BCUT2D eigenvalue weighted by molar-refractivity contribution is 6.32. The number of hydrogen-bond donors (Lipinski definition) is 1. The normalized spacial score (nSPS) is 10.3. The SMILES string of the molecule is CNCC(=O)c1ccc(C)c(Cl)c1C. The van der Waals surface area contributed by atoms with E-state index in [-0.39, 0.29) is 5.78 Å². The zero-order valence-electron chi connectivity index (χ0n) is 8.65. The molecule has 0 aliphatic carbocycles. The quantitative estimate of drug-likeness (QED) is 0.778. The molecular formula is C11H14ClNO. The maximum Gasteiger partial charge on any atom is 0.176 e. The Morgan fingerprint density at radius 3 is 2.64 bits per heavy atom. The van der Waals surface area contributed by atoms with Crippen LogP contribution in [0.3, 0.4) is 0 Å². The van der Waals surface area contributed by atoms with Crippen molar-refractivity contribution in [2.75, 3.05) is 13.6 Å². The van der Waals surface area contributed by atoms with Crippen LogP contribution in [0.15, 0.2) is 12.1 Å². The third-order valence-corrected chi connectivity index (χ3v) is 2.80. The Morgan fingerprint density at radius 1 is 1.43 bits per heavy atom. The molecule has 1 rings (SSSR count). The van der Waals surface area contributed by atoms with E-state index in [4.69, 9.17) is 11.6 Å². The van der Waals surface area contributed by atoms with Crippen LogP contribution in [0.2, 0.25) is 5.02 Å². The van der Waals surface area contributed by atoms with Crippen LogP contribution in [0, 0.1) is 13.8 Å². The molecule has 0 fully saturated rings. The summed E-state index contributed by atoms with van der Waals surface area (Å²) in [5.41, 5.74) is 2.58. The van der Waals surface area contributed by atoms with E-state index in [0.29, 0.717) is 17.1 Å². The number of carbonyl (C=O) groups is 1. The number of benzene rings is 1. The number of Topliss-reactive ketones (excluding diaryl/α,β-unsaturated/α-hetero) is 1. The van der Waals surface area contributed by atoms with Gasteiger partial charge in [-0.2, -0.15) is 0 Å². The van der Waals surface area contributed by atoms with E-state index in [9.17, 15) is 4.79 Å². The van der Waals surface area contributed by atoms with Crippen molar-refractivity contribution in [1.29, 1.82) is 0 Å². The third kappa shape index (κ3) is 2.14. The summed E-state index contributed by atoms with van der Waals surface area (Å²) in [4.78, 5) is 11.6. The highest BCUT2D eigenvalue weighted by Gasteiger charge is 2.11. The lowest BCUT2D eigenvalue weighted by Crippen LogP contribution is -2.19. The molecule has 0 aliphatic heterocycles. The Morgan fingerprint density at radius 2 is 2.07 bits per heavy atom. The molecular weight excluding hydrogens is 198 g/mol. The smallest absolute Gasteiger partial charge is 0.176 e. The summed E-state index contributed by atoms with van der Waals surface area (Å²) in [7, 11) is 1.75. The second-order valence-electron chi connectivity index (χ2n) is 3.32.